The normalized spacial score (nSPS) is 11.2. The molecule has 0 aliphatic rings. The summed E-state index contributed by atoms with van der Waals surface area (Å²) in [4.78, 5) is 18.2. The molecule has 2 heterocycles. The number of aromatic nitrogens is 3. The number of fused-ring (bicyclic) bond motifs is 1. The second-order valence-electron chi connectivity index (χ2n) is 4.22. The quantitative estimate of drug-likeness (QED) is 0.736. The molecule has 1 aromatic carbocycles. The average Bonchev–Trinajstić information content (AvgIpc) is 2.86. The van der Waals surface area contributed by atoms with E-state index in [1.807, 2.05) is 35.1 Å². The predicted octanol–water partition coefficient (Wildman–Crippen LogP) is 1.73. The molecule has 0 atom stereocenters. The van der Waals surface area contributed by atoms with E-state index in [1.165, 1.54) is 0 Å². The number of anilines is 1. The number of nitrogens with one attached hydrogen (secondary N) is 1. The summed E-state index contributed by atoms with van der Waals surface area (Å²) < 4.78 is 1.90. The van der Waals surface area contributed by atoms with E-state index in [-0.39, 0.29) is 4.87 Å². The Morgan fingerprint density at radius 1 is 1.50 bits per heavy atom. The maximum atomic E-state index is 11.1. The number of benzene rings is 1. The summed E-state index contributed by atoms with van der Waals surface area (Å²) in [5.74, 6) is 0.461. The van der Waals surface area contributed by atoms with Gasteiger partial charge in [0.1, 0.15) is 0 Å². The number of imidazole rings is 1. The van der Waals surface area contributed by atoms with Gasteiger partial charge in [0.05, 0.1) is 17.6 Å². The van der Waals surface area contributed by atoms with Crippen LogP contribution >= 0.6 is 11.3 Å². The molecule has 0 aliphatic heterocycles. The first-order chi connectivity index (χ1) is 8.63. The summed E-state index contributed by atoms with van der Waals surface area (Å²) in [6, 6.07) is 6.00. The minimum Gasteiger partial charge on any atom is -0.369 e. The van der Waals surface area contributed by atoms with Crippen molar-refractivity contribution < 1.29 is 0 Å². The van der Waals surface area contributed by atoms with Crippen LogP contribution in [0.3, 0.4) is 0 Å². The van der Waals surface area contributed by atoms with Crippen LogP contribution in [-0.4, -0.2) is 14.5 Å². The Bertz CT molecular complexity index is 768. The van der Waals surface area contributed by atoms with Gasteiger partial charge in [0.15, 0.2) is 0 Å². The molecule has 3 rings (SSSR count). The van der Waals surface area contributed by atoms with Crippen LogP contribution in [0.5, 0.6) is 0 Å². The molecule has 0 spiro atoms. The summed E-state index contributed by atoms with van der Waals surface area (Å²) in [6.45, 7) is 2.56. The Morgan fingerprint density at radius 3 is 3.06 bits per heavy atom. The third-order valence-electron chi connectivity index (χ3n) is 2.83. The maximum Gasteiger partial charge on any atom is 0.304 e. The van der Waals surface area contributed by atoms with E-state index < -0.39 is 0 Å². The number of nitrogens with two attached hydrogens (primary N) is 1. The molecular weight excluding hydrogens is 248 g/mol. The van der Waals surface area contributed by atoms with Crippen molar-refractivity contribution in [2.45, 2.75) is 13.5 Å². The van der Waals surface area contributed by atoms with Gasteiger partial charge in [-0.25, -0.2) is 4.98 Å². The maximum absolute atomic E-state index is 11.1. The fourth-order valence-corrected chi connectivity index (χ4v) is 2.55. The van der Waals surface area contributed by atoms with Gasteiger partial charge in [0, 0.05) is 11.1 Å². The zero-order valence-corrected chi connectivity index (χ0v) is 10.6. The first kappa shape index (κ1) is 11.0. The van der Waals surface area contributed by atoms with Crippen LogP contribution in [0.2, 0.25) is 0 Å². The number of nitrogens with zero attached hydrogens (tertiary/aromatic N) is 2. The van der Waals surface area contributed by atoms with Crippen molar-refractivity contribution in [2.75, 3.05) is 5.73 Å². The Balaban J connectivity index is 2.13. The fraction of sp³-hybridized carbons (Fsp3) is 0.167. The standard InChI is InChI=1S/C12H12N4OS/c1-7-2-3-9-10(4-7)16(11(13)15-9)5-8-6-18-12(17)14-8/h2-4,6H,5H2,1H3,(H2,13,15)(H,14,17). The van der Waals surface area contributed by atoms with Gasteiger partial charge in [-0.05, 0) is 24.6 Å². The summed E-state index contributed by atoms with van der Waals surface area (Å²) in [5, 5.41) is 1.81. The molecule has 0 amide bonds. The molecule has 0 bridgehead atoms. The molecule has 18 heavy (non-hydrogen) atoms. The van der Waals surface area contributed by atoms with Gasteiger partial charge in [0.2, 0.25) is 5.95 Å². The van der Waals surface area contributed by atoms with Crippen molar-refractivity contribution in [3.63, 3.8) is 0 Å². The van der Waals surface area contributed by atoms with E-state index in [2.05, 4.69) is 9.97 Å². The Morgan fingerprint density at radius 2 is 2.33 bits per heavy atom. The number of aromatic amines is 1. The SMILES string of the molecule is Cc1ccc2nc(N)n(Cc3csc(=O)[nH]3)c2c1. The molecule has 0 saturated carbocycles. The lowest BCUT2D eigenvalue weighted by Crippen LogP contribution is -2.06. The number of rotatable bonds is 2. The Labute approximate surface area is 107 Å². The number of hydrogen-bond acceptors (Lipinski definition) is 4. The minimum absolute atomic E-state index is 0.0517. The van der Waals surface area contributed by atoms with Gasteiger partial charge < -0.3 is 15.3 Å². The zero-order valence-electron chi connectivity index (χ0n) is 9.80. The van der Waals surface area contributed by atoms with Crippen molar-refractivity contribution in [3.05, 3.63) is 44.5 Å². The van der Waals surface area contributed by atoms with Crippen LogP contribution in [-0.2, 0) is 6.54 Å². The van der Waals surface area contributed by atoms with Crippen LogP contribution in [0.4, 0.5) is 5.95 Å². The monoisotopic (exact) mass is 260 g/mol. The molecule has 0 saturated heterocycles. The molecule has 6 heteroatoms. The molecule has 3 aromatic rings. The van der Waals surface area contributed by atoms with Crippen molar-refractivity contribution in [3.8, 4) is 0 Å². The first-order valence-corrected chi connectivity index (χ1v) is 6.40. The Hall–Kier alpha value is -2.08. The molecule has 2 aromatic heterocycles. The highest BCUT2D eigenvalue weighted by atomic mass is 32.1. The van der Waals surface area contributed by atoms with Gasteiger partial charge in [-0.15, -0.1) is 0 Å². The van der Waals surface area contributed by atoms with Gasteiger partial charge in [-0.1, -0.05) is 17.4 Å². The van der Waals surface area contributed by atoms with Crippen LogP contribution in [0, 0.1) is 6.92 Å². The number of H-pyrrole nitrogens is 1. The second kappa shape index (κ2) is 3.99. The zero-order chi connectivity index (χ0) is 12.7. The first-order valence-electron chi connectivity index (χ1n) is 5.52. The molecule has 0 aliphatic carbocycles. The number of hydrogen-bond donors (Lipinski definition) is 2. The molecule has 0 fully saturated rings. The smallest absolute Gasteiger partial charge is 0.304 e. The summed E-state index contributed by atoms with van der Waals surface area (Å²) in [5.41, 5.74) is 9.78. The average molecular weight is 260 g/mol. The highest BCUT2D eigenvalue weighted by molar-refractivity contribution is 7.07. The van der Waals surface area contributed by atoms with Gasteiger partial charge in [-0.3, -0.25) is 4.79 Å². The van der Waals surface area contributed by atoms with Gasteiger partial charge in [-0.2, -0.15) is 0 Å². The number of thiazole rings is 1. The van der Waals surface area contributed by atoms with Crippen LogP contribution in [0.1, 0.15) is 11.3 Å². The van der Waals surface area contributed by atoms with Crippen molar-refractivity contribution in [2.24, 2.45) is 0 Å². The fourth-order valence-electron chi connectivity index (χ4n) is 1.98. The van der Waals surface area contributed by atoms with E-state index in [0.29, 0.717) is 12.5 Å². The van der Waals surface area contributed by atoms with E-state index >= 15 is 0 Å². The van der Waals surface area contributed by atoms with Crippen molar-refractivity contribution >= 4 is 28.3 Å². The van der Waals surface area contributed by atoms with Crippen molar-refractivity contribution in [1.82, 2.24) is 14.5 Å². The third kappa shape index (κ3) is 1.80. The van der Waals surface area contributed by atoms with Gasteiger partial charge >= 0.3 is 4.87 Å². The second-order valence-corrected chi connectivity index (χ2v) is 5.06. The number of nitrogen functional groups attached to an aromatic ring is 1. The van der Waals surface area contributed by atoms with Crippen LogP contribution < -0.4 is 10.6 Å². The molecule has 0 radical (unpaired) electrons. The van der Waals surface area contributed by atoms with E-state index in [4.69, 9.17) is 5.73 Å². The van der Waals surface area contributed by atoms with Crippen LogP contribution in [0.15, 0.2) is 28.4 Å². The minimum atomic E-state index is -0.0517. The molecule has 0 unspecified atom stereocenters. The molecule has 5 nitrogen and oxygen atoms in total. The summed E-state index contributed by atoms with van der Waals surface area (Å²) >= 11 is 1.15. The van der Waals surface area contributed by atoms with Gasteiger partial charge in [0.25, 0.3) is 0 Å². The topological polar surface area (TPSA) is 76.7 Å². The predicted molar refractivity (Wildman–Crippen MR) is 72.9 cm³/mol. The molecule has 3 N–H and O–H groups in total. The van der Waals surface area contributed by atoms with E-state index in [1.54, 1.807) is 0 Å². The number of aryl methyl sites for hydroxylation is 1. The molecule has 92 valence electrons. The van der Waals surface area contributed by atoms with E-state index in [9.17, 15) is 4.79 Å². The lowest BCUT2D eigenvalue weighted by Gasteiger charge is -2.04. The highest BCUT2D eigenvalue weighted by Crippen LogP contribution is 2.20. The lowest BCUT2D eigenvalue weighted by atomic mass is 10.2. The third-order valence-corrected chi connectivity index (χ3v) is 3.55. The molecular formula is C12H12N4OS. The van der Waals surface area contributed by atoms with Crippen LogP contribution in [0.25, 0.3) is 11.0 Å². The summed E-state index contributed by atoms with van der Waals surface area (Å²) in [6.07, 6.45) is 0. The summed E-state index contributed by atoms with van der Waals surface area (Å²) in [7, 11) is 0. The Kier molecular flexibility index (Phi) is 2.45. The highest BCUT2D eigenvalue weighted by Gasteiger charge is 2.09. The van der Waals surface area contributed by atoms with Crippen molar-refractivity contribution in [1.29, 1.82) is 0 Å². The largest absolute Gasteiger partial charge is 0.369 e. The lowest BCUT2D eigenvalue weighted by molar-refractivity contribution is 0.813. The van der Waals surface area contributed by atoms with E-state index in [0.717, 1.165) is 33.6 Å².